The maximum atomic E-state index is 5.76. The van der Waals surface area contributed by atoms with E-state index in [9.17, 15) is 0 Å². The molecule has 0 bridgehead atoms. The summed E-state index contributed by atoms with van der Waals surface area (Å²) in [6.45, 7) is 2.26. The molecule has 96 valence electrons. The second-order valence-electron chi connectivity index (χ2n) is 5.68. The van der Waals surface area contributed by atoms with Crippen LogP contribution in [0.15, 0.2) is 30.3 Å². The van der Waals surface area contributed by atoms with Crippen LogP contribution in [0.5, 0.6) is 0 Å². The van der Waals surface area contributed by atoms with Crippen LogP contribution in [0.25, 0.3) is 0 Å². The van der Waals surface area contributed by atoms with Crippen LogP contribution in [0.1, 0.15) is 51.0 Å². The van der Waals surface area contributed by atoms with Crippen molar-refractivity contribution in [3.63, 3.8) is 0 Å². The van der Waals surface area contributed by atoms with Crippen molar-refractivity contribution < 1.29 is 0 Å². The summed E-state index contributed by atoms with van der Waals surface area (Å²) >= 11 is 0. The first kappa shape index (κ1) is 13.2. The molecule has 2 rings (SSSR count). The summed E-state index contributed by atoms with van der Waals surface area (Å²) in [6, 6.07) is 10.7. The Balaban J connectivity index is 1.75. The van der Waals surface area contributed by atoms with Crippen LogP contribution in [-0.4, -0.2) is 0 Å². The van der Waals surface area contributed by atoms with Gasteiger partial charge in [0.05, 0.1) is 0 Å². The van der Waals surface area contributed by atoms with E-state index in [0.29, 0.717) is 0 Å². The summed E-state index contributed by atoms with van der Waals surface area (Å²) in [5.41, 5.74) is 1.71. The van der Waals surface area contributed by atoms with Crippen molar-refractivity contribution in [2.45, 2.75) is 51.9 Å². The molecule has 0 spiro atoms. The van der Waals surface area contributed by atoms with Crippen molar-refractivity contribution in [1.82, 2.24) is 0 Å². The third kappa shape index (κ3) is 3.16. The van der Waals surface area contributed by atoms with Crippen LogP contribution in [0.3, 0.4) is 0 Å². The Labute approximate surface area is 112 Å². The lowest BCUT2D eigenvalue weighted by atomic mass is 9.94. The van der Waals surface area contributed by atoms with E-state index in [1.165, 1.54) is 50.5 Å². The third-order valence-electron chi connectivity index (χ3n) is 4.36. The molecule has 0 unspecified atom stereocenters. The predicted molar refractivity (Wildman–Crippen MR) is 78.3 cm³/mol. The summed E-state index contributed by atoms with van der Waals surface area (Å²) in [6.07, 6.45) is 14.6. The second kappa shape index (κ2) is 6.10. The molecular weight excluding hydrogens is 216 g/mol. The number of hydrogen-bond donors (Lipinski definition) is 0. The molecule has 0 aromatic heterocycles. The summed E-state index contributed by atoms with van der Waals surface area (Å²) in [4.78, 5) is 0. The highest BCUT2D eigenvalue weighted by Crippen LogP contribution is 2.57. The monoisotopic (exact) mass is 240 g/mol. The van der Waals surface area contributed by atoms with Crippen LogP contribution in [0.4, 0.5) is 0 Å². The van der Waals surface area contributed by atoms with Gasteiger partial charge in [0.1, 0.15) is 0 Å². The molecule has 0 radical (unpaired) electrons. The summed E-state index contributed by atoms with van der Waals surface area (Å²) in [5, 5.41) is 0. The summed E-state index contributed by atoms with van der Waals surface area (Å²) in [7, 11) is 0. The van der Waals surface area contributed by atoms with Gasteiger partial charge in [0.25, 0.3) is 0 Å². The Hall–Kier alpha value is -1.22. The van der Waals surface area contributed by atoms with Crippen molar-refractivity contribution >= 4 is 0 Å². The molecule has 0 amide bonds. The topological polar surface area (TPSA) is 0 Å². The van der Waals surface area contributed by atoms with E-state index in [1.54, 1.807) is 0 Å². The molecule has 18 heavy (non-hydrogen) atoms. The van der Waals surface area contributed by atoms with E-state index in [-0.39, 0.29) is 5.41 Å². The van der Waals surface area contributed by atoms with Gasteiger partial charge in [-0.15, -0.1) is 6.42 Å². The lowest BCUT2D eigenvalue weighted by molar-refractivity contribution is 0.487. The minimum Gasteiger partial charge on any atom is -0.120 e. The van der Waals surface area contributed by atoms with E-state index in [1.807, 2.05) is 0 Å². The first-order chi connectivity index (χ1) is 8.80. The van der Waals surface area contributed by atoms with E-state index < -0.39 is 0 Å². The fourth-order valence-corrected chi connectivity index (χ4v) is 3.02. The number of rotatable bonds is 7. The molecule has 1 fully saturated rings. The maximum Gasteiger partial charge on any atom is 0.0344 e. The molecule has 1 saturated carbocycles. The second-order valence-corrected chi connectivity index (χ2v) is 5.68. The lowest BCUT2D eigenvalue weighted by Crippen LogP contribution is -2.02. The molecule has 1 aromatic rings. The van der Waals surface area contributed by atoms with Gasteiger partial charge in [-0.2, -0.15) is 0 Å². The minimum absolute atomic E-state index is 0.268. The zero-order valence-corrected chi connectivity index (χ0v) is 11.5. The standard InChI is InChI=1S/C18H24/c1-3-5-13-17-15-18(17,4-2)14-9-12-16-10-7-6-8-11-16/h2,6-8,10-11,17H,3,5,9,12-15H2,1H3/t17-,18+/m1/s1. The van der Waals surface area contributed by atoms with Gasteiger partial charge in [0.15, 0.2) is 0 Å². The zero-order valence-electron chi connectivity index (χ0n) is 11.5. The van der Waals surface area contributed by atoms with E-state index in [4.69, 9.17) is 6.42 Å². The third-order valence-corrected chi connectivity index (χ3v) is 4.36. The lowest BCUT2D eigenvalue weighted by Gasteiger charge is -2.10. The number of unbranched alkanes of at least 4 members (excludes halogenated alkanes) is 1. The van der Waals surface area contributed by atoms with Crippen LogP contribution < -0.4 is 0 Å². The Morgan fingerprint density at radius 1 is 1.28 bits per heavy atom. The van der Waals surface area contributed by atoms with Crippen molar-refractivity contribution in [3.05, 3.63) is 35.9 Å². The van der Waals surface area contributed by atoms with Crippen LogP contribution >= 0.6 is 0 Å². The molecule has 2 atom stereocenters. The SMILES string of the molecule is C#C[C@]1(CCCc2ccccc2)C[C@H]1CCCC. The molecule has 1 aromatic carbocycles. The fourth-order valence-electron chi connectivity index (χ4n) is 3.02. The molecule has 1 aliphatic carbocycles. The number of terminal acetylenes is 1. The molecule has 0 N–H and O–H groups in total. The van der Waals surface area contributed by atoms with Gasteiger partial charge in [0.2, 0.25) is 0 Å². The number of hydrogen-bond acceptors (Lipinski definition) is 0. The first-order valence-electron chi connectivity index (χ1n) is 7.32. The fraction of sp³-hybridized carbons (Fsp3) is 0.556. The van der Waals surface area contributed by atoms with Crippen molar-refractivity contribution in [2.75, 3.05) is 0 Å². The van der Waals surface area contributed by atoms with Crippen LogP contribution in [0, 0.1) is 23.7 Å². The van der Waals surface area contributed by atoms with Gasteiger partial charge < -0.3 is 0 Å². The molecule has 0 heterocycles. The van der Waals surface area contributed by atoms with Crippen molar-refractivity contribution in [2.24, 2.45) is 11.3 Å². The molecule has 0 heteroatoms. The number of benzene rings is 1. The summed E-state index contributed by atoms with van der Waals surface area (Å²) in [5.74, 6) is 3.92. The van der Waals surface area contributed by atoms with Crippen molar-refractivity contribution in [1.29, 1.82) is 0 Å². The zero-order chi connectivity index (χ0) is 12.8. The Morgan fingerprint density at radius 2 is 2.06 bits per heavy atom. The van der Waals surface area contributed by atoms with E-state index >= 15 is 0 Å². The molecule has 0 nitrogen and oxygen atoms in total. The Kier molecular flexibility index (Phi) is 4.48. The minimum atomic E-state index is 0.268. The summed E-state index contributed by atoms with van der Waals surface area (Å²) < 4.78 is 0. The van der Waals surface area contributed by atoms with E-state index in [2.05, 4.69) is 43.2 Å². The Morgan fingerprint density at radius 3 is 2.72 bits per heavy atom. The van der Waals surface area contributed by atoms with Gasteiger partial charge in [-0.25, -0.2) is 0 Å². The van der Waals surface area contributed by atoms with Crippen LogP contribution in [-0.2, 0) is 6.42 Å². The molecule has 1 aliphatic rings. The Bertz CT molecular complexity index is 398. The van der Waals surface area contributed by atoms with Gasteiger partial charge in [-0.3, -0.25) is 0 Å². The molecule has 0 saturated heterocycles. The smallest absolute Gasteiger partial charge is 0.0344 e. The van der Waals surface area contributed by atoms with E-state index in [0.717, 1.165) is 5.92 Å². The van der Waals surface area contributed by atoms with Gasteiger partial charge in [-0.05, 0) is 43.6 Å². The van der Waals surface area contributed by atoms with Gasteiger partial charge in [0, 0.05) is 5.41 Å². The average molecular weight is 240 g/mol. The van der Waals surface area contributed by atoms with Crippen molar-refractivity contribution in [3.8, 4) is 12.3 Å². The normalized spacial score (nSPS) is 25.7. The largest absolute Gasteiger partial charge is 0.120 e. The average Bonchev–Trinajstić information content (AvgIpc) is 3.12. The molecular formula is C18H24. The van der Waals surface area contributed by atoms with Crippen LogP contribution in [0.2, 0.25) is 0 Å². The highest BCUT2D eigenvalue weighted by molar-refractivity contribution is 5.20. The first-order valence-corrected chi connectivity index (χ1v) is 7.32. The highest BCUT2D eigenvalue weighted by Gasteiger charge is 2.51. The quantitative estimate of drug-likeness (QED) is 0.598. The van der Waals surface area contributed by atoms with Gasteiger partial charge in [-0.1, -0.05) is 56.0 Å². The highest BCUT2D eigenvalue weighted by atomic mass is 14.5. The predicted octanol–water partition coefficient (Wildman–Crippen LogP) is 4.84. The van der Waals surface area contributed by atoms with Gasteiger partial charge >= 0.3 is 0 Å². The molecule has 0 aliphatic heterocycles. The number of aryl methyl sites for hydroxylation is 1. The maximum absolute atomic E-state index is 5.76.